The van der Waals surface area contributed by atoms with E-state index in [1.807, 2.05) is 49.3 Å². The van der Waals surface area contributed by atoms with Gasteiger partial charge in [0.25, 0.3) is 5.91 Å². The molecule has 25 heavy (non-hydrogen) atoms. The molecule has 0 aliphatic carbocycles. The minimum atomic E-state index is -0.468. The summed E-state index contributed by atoms with van der Waals surface area (Å²) in [6.07, 6.45) is 2.16. The highest BCUT2D eigenvalue weighted by Gasteiger charge is 2.32. The number of likely N-dealkylation sites (tertiary alicyclic amines) is 1. The van der Waals surface area contributed by atoms with Gasteiger partial charge in [0.2, 0.25) is 5.91 Å². The molecule has 0 spiro atoms. The van der Waals surface area contributed by atoms with Crippen LogP contribution in [-0.4, -0.2) is 48.4 Å². The van der Waals surface area contributed by atoms with Crippen LogP contribution < -0.4 is 10.2 Å². The molecule has 1 aromatic carbocycles. The van der Waals surface area contributed by atoms with Crippen LogP contribution in [0.15, 0.2) is 48.7 Å². The van der Waals surface area contributed by atoms with Crippen LogP contribution in [-0.2, 0) is 11.3 Å². The second-order valence-electron chi connectivity index (χ2n) is 6.36. The highest BCUT2D eigenvalue weighted by molar-refractivity contribution is 5.97. The summed E-state index contributed by atoms with van der Waals surface area (Å²) in [5.41, 5.74) is 1.55. The number of carbonyl (C=O) groups excluding carboxylic acids is 2. The van der Waals surface area contributed by atoms with E-state index in [-0.39, 0.29) is 11.8 Å². The monoisotopic (exact) mass is 338 g/mol. The minimum absolute atomic E-state index is 0.0323. The summed E-state index contributed by atoms with van der Waals surface area (Å²) in [5, 5.41) is 2.83. The summed E-state index contributed by atoms with van der Waals surface area (Å²) >= 11 is 0. The Morgan fingerprint density at radius 2 is 2.00 bits per heavy atom. The SMILES string of the molecule is CN(C)c1ccc(C(=O)N[C@H]2CCN(Cc3ccccc3)C2=O)cn1. The van der Waals surface area contributed by atoms with E-state index >= 15 is 0 Å². The minimum Gasteiger partial charge on any atom is -0.363 e. The van der Waals surface area contributed by atoms with E-state index in [0.29, 0.717) is 25.1 Å². The molecule has 1 saturated heterocycles. The van der Waals surface area contributed by atoms with Crippen molar-refractivity contribution in [3.63, 3.8) is 0 Å². The number of hydrogen-bond acceptors (Lipinski definition) is 4. The highest BCUT2D eigenvalue weighted by atomic mass is 16.2. The third-order valence-electron chi connectivity index (χ3n) is 4.29. The molecule has 1 aliphatic rings. The number of carbonyl (C=O) groups is 2. The van der Waals surface area contributed by atoms with Crippen LogP contribution in [0.3, 0.4) is 0 Å². The molecule has 6 heteroatoms. The predicted molar refractivity (Wildman–Crippen MR) is 96.3 cm³/mol. The average Bonchev–Trinajstić information content (AvgIpc) is 2.96. The summed E-state index contributed by atoms with van der Waals surface area (Å²) < 4.78 is 0. The molecule has 2 aromatic rings. The first kappa shape index (κ1) is 17.0. The van der Waals surface area contributed by atoms with Crippen molar-refractivity contribution >= 4 is 17.6 Å². The molecule has 0 radical (unpaired) electrons. The molecule has 0 saturated carbocycles. The number of hydrogen-bond donors (Lipinski definition) is 1. The van der Waals surface area contributed by atoms with Crippen LogP contribution in [0.1, 0.15) is 22.3 Å². The lowest BCUT2D eigenvalue weighted by Gasteiger charge is -2.17. The quantitative estimate of drug-likeness (QED) is 0.901. The second-order valence-corrected chi connectivity index (χ2v) is 6.36. The fraction of sp³-hybridized carbons (Fsp3) is 0.316. The number of pyridine rings is 1. The maximum absolute atomic E-state index is 12.5. The Balaban J connectivity index is 1.59. The summed E-state index contributed by atoms with van der Waals surface area (Å²) in [4.78, 5) is 32.7. The number of aromatic nitrogens is 1. The van der Waals surface area contributed by atoms with Crippen molar-refractivity contribution in [2.75, 3.05) is 25.5 Å². The van der Waals surface area contributed by atoms with E-state index < -0.39 is 6.04 Å². The van der Waals surface area contributed by atoms with Gasteiger partial charge in [-0.2, -0.15) is 0 Å². The molecule has 1 N–H and O–H groups in total. The molecule has 2 heterocycles. The third kappa shape index (κ3) is 3.96. The van der Waals surface area contributed by atoms with Crippen LogP contribution in [0.2, 0.25) is 0 Å². The van der Waals surface area contributed by atoms with E-state index in [4.69, 9.17) is 0 Å². The van der Waals surface area contributed by atoms with Gasteiger partial charge in [-0.15, -0.1) is 0 Å². The normalized spacial score (nSPS) is 16.8. The highest BCUT2D eigenvalue weighted by Crippen LogP contribution is 2.16. The largest absolute Gasteiger partial charge is 0.363 e. The first-order valence-electron chi connectivity index (χ1n) is 8.31. The van der Waals surface area contributed by atoms with Crippen molar-refractivity contribution < 1.29 is 9.59 Å². The number of rotatable bonds is 5. The van der Waals surface area contributed by atoms with Crippen LogP contribution >= 0.6 is 0 Å². The molecular weight excluding hydrogens is 316 g/mol. The van der Waals surface area contributed by atoms with Crippen LogP contribution in [0.4, 0.5) is 5.82 Å². The molecule has 130 valence electrons. The average molecular weight is 338 g/mol. The first-order chi connectivity index (χ1) is 12.0. The predicted octanol–water partition coefficient (Wildman–Crippen LogP) is 1.68. The van der Waals surface area contributed by atoms with Crippen molar-refractivity contribution in [2.24, 2.45) is 0 Å². The molecule has 3 rings (SSSR count). The van der Waals surface area contributed by atoms with E-state index in [1.54, 1.807) is 17.0 Å². The summed E-state index contributed by atoms with van der Waals surface area (Å²) in [5.74, 6) is 0.482. The standard InChI is InChI=1S/C19H22N4O2/c1-22(2)17-9-8-15(12-20-17)18(24)21-16-10-11-23(19(16)25)13-14-6-4-3-5-7-14/h3-9,12,16H,10-11,13H2,1-2H3,(H,21,24)/t16-/m0/s1. The maximum Gasteiger partial charge on any atom is 0.253 e. The van der Waals surface area contributed by atoms with Gasteiger partial charge in [0.05, 0.1) is 5.56 Å². The smallest absolute Gasteiger partial charge is 0.253 e. The summed E-state index contributed by atoms with van der Waals surface area (Å²) in [7, 11) is 3.78. The Labute approximate surface area is 147 Å². The van der Waals surface area contributed by atoms with Crippen molar-refractivity contribution in [3.8, 4) is 0 Å². The van der Waals surface area contributed by atoms with Gasteiger partial charge in [0, 0.05) is 33.4 Å². The Morgan fingerprint density at radius 1 is 1.24 bits per heavy atom. The zero-order chi connectivity index (χ0) is 17.8. The van der Waals surface area contributed by atoms with Crippen molar-refractivity contribution in [1.82, 2.24) is 15.2 Å². The fourth-order valence-electron chi connectivity index (χ4n) is 2.86. The number of benzene rings is 1. The third-order valence-corrected chi connectivity index (χ3v) is 4.29. The van der Waals surface area contributed by atoms with E-state index in [0.717, 1.165) is 11.4 Å². The van der Waals surface area contributed by atoms with Crippen LogP contribution in [0.5, 0.6) is 0 Å². The number of amides is 2. The summed E-state index contributed by atoms with van der Waals surface area (Å²) in [6, 6.07) is 12.9. The topological polar surface area (TPSA) is 65.5 Å². The summed E-state index contributed by atoms with van der Waals surface area (Å²) in [6.45, 7) is 1.22. The lowest BCUT2D eigenvalue weighted by molar-refractivity contribution is -0.129. The molecule has 1 aliphatic heterocycles. The van der Waals surface area contributed by atoms with Crippen LogP contribution in [0, 0.1) is 0 Å². The zero-order valence-corrected chi connectivity index (χ0v) is 14.5. The molecule has 2 amide bonds. The molecule has 1 fully saturated rings. The Bertz CT molecular complexity index is 744. The van der Waals surface area contributed by atoms with Crippen molar-refractivity contribution in [2.45, 2.75) is 19.0 Å². The number of nitrogens with one attached hydrogen (secondary N) is 1. The van der Waals surface area contributed by atoms with E-state index in [1.165, 1.54) is 6.20 Å². The molecule has 1 atom stereocenters. The van der Waals surface area contributed by atoms with Gasteiger partial charge < -0.3 is 15.1 Å². The van der Waals surface area contributed by atoms with Gasteiger partial charge in [-0.05, 0) is 24.1 Å². The van der Waals surface area contributed by atoms with E-state index in [2.05, 4.69) is 10.3 Å². The van der Waals surface area contributed by atoms with Gasteiger partial charge in [-0.1, -0.05) is 30.3 Å². The van der Waals surface area contributed by atoms with Crippen molar-refractivity contribution in [3.05, 3.63) is 59.8 Å². The molecule has 0 unspecified atom stereocenters. The second kappa shape index (κ2) is 7.34. The first-order valence-corrected chi connectivity index (χ1v) is 8.31. The fourth-order valence-corrected chi connectivity index (χ4v) is 2.86. The van der Waals surface area contributed by atoms with Gasteiger partial charge >= 0.3 is 0 Å². The number of nitrogens with zero attached hydrogens (tertiary/aromatic N) is 3. The Morgan fingerprint density at radius 3 is 2.64 bits per heavy atom. The lowest BCUT2D eigenvalue weighted by atomic mass is 10.2. The number of anilines is 1. The molecule has 6 nitrogen and oxygen atoms in total. The molecular formula is C19H22N4O2. The van der Waals surface area contributed by atoms with Crippen molar-refractivity contribution in [1.29, 1.82) is 0 Å². The van der Waals surface area contributed by atoms with Gasteiger partial charge in [0.1, 0.15) is 11.9 Å². The Kier molecular flexibility index (Phi) is 4.97. The van der Waals surface area contributed by atoms with Gasteiger partial charge in [-0.3, -0.25) is 9.59 Å². The van der Waals surface area contributed by atoms with Gasteiger partial charge in [0.15, 0.2) is 0 Å². The zero-order valence-electron chi connectivity index (χ0n) is 14.5. The molecule has 1 aromatic heterocycles. The Hall–Kier alpha value is -2.89. The van der Waals surface area contributed by atoms with E-state index in [9.17, 15) is 9.59 Å². The lowest BCUT2D eigenvalue weighted by Crippen LogP contribution is -2.41. The van der Waals surface area contributed by atoms with Gasteiger partial charge in [-0.25, -0.2) is 4.98 Å². The maximum atomic E-state index is 12.5. The van der Waals surface area contributed by atoms with Crippen LogP contribution in [0.25, 0.3) is 0 Å². The molecule has 0 bridgehead atoms.